The van der Waals surface area contributed by atoms with Crippen LogP contribution in [0, 0.1) is 0 Å². The summed E-state index contributed by atoms with van der Waals surface area (Å²) in [7, 11) is 0. The van der Waals surface area contributed by atoms with Crippen LogP contribution in [-0.4, -0.2) is 6.04 Å². The molecule has 0 aliphatic rings. The molecule has 112 valence electrons. The highest BCUT2D eigenvalue weighted by atomic mass is 15.2. The molecule has 0 aliphatic heterocycles. The Morgan fingerprint density at radius 1 is 0.952 bits per heavy atom. The molecule has 0 amide bonds. The maximum absolute atomic E-state index is 6.30. The average Bonchev–Trinajstić information content (AvgIpc) is 2.52. The van der Waals surface area contributed by atoms with Crippen LogP contribution in [0.2, 0.25) is 0 Å². The third-order valence-electron chi connectivity index (χ3n) is 3.90. The van der Waals surface area contributed by atoms with Gasteiger partial charge in [0.2, 0.25) is 0 Å². The number of nitrogens with two attached hydrogens (primary N) is 1. The standard InChI is InChI=1S/C19H26N2/c1-4-18(20)17-12-8-9-13-19(17)21(15(2)3)14-16-10-6-5-7-11-16/h5-13,15,18H,4,14,20H2,1-3H3/t18-/m0/s1. The highest BCUT2D eigenvalue weighted by Gasteiger charge is 2.17. The van der Waals surface area contributed by atoms with Crippen LogP contribution < -0.4 is 10.6 Å². The molecule has 0 fully saturated rings. The van der Waals surface area contributed by atoms with E-state index in [-0.39, 0.29) is 6.04 Å². The first kappa shape index (κ1) is 15.6. The minimum atomic E-state index is 0.0956. The molecule has 2 aromatic rings. The number of hydrogen-bond donors (Lipinski definition) is 1. The van der Waals surface area contributed by atoms with E-state index in [1.54, 1.807) is 0 Å². The van der Waals surface area contributed by atoms with Crippen LogP contribution in [0.3, 0.4) is 0 Å². The summed E-state index contributed by atoms with van der Waals surface area (Å²) < 4.78 is 0. The van der Waals surface area contributed by atoms with Gasteiger partial charge in [0.25, 0.3) is 0 Å². The van der Waals surface area contributed by atoms with Crippen molar-refractivity contribution in [1.29, 1.82) is 0 Å². The predicted octanol–water partition coefficient (Wildman–Crippen LogP) is 4.51. The van der Waals surface area contributed by atoms with E-state index in [2.05, 4.69) is 80.3 Å². The molecule has 0 spiro atoms. The fourth-order valence-electron chi connectivity index (χ4n) is 2.61. The lowest BCUT2D eigenvalue weighted by molar-refractivity contribution is 0.654. The average molecular weight is 282 g/mol. The lowest BCUT2D eigenvalue weighted by Gasteiger charge is -2.32. The molecule has 0 heterocycles. The molecule has 0 aliphatic carbocycles. The van der Waals surface area contributed by atoms with E-state index in [9.17, 15) is 0 Å². The monoisotopic (exact) mass is 282 g/mol. The van der Waals surface area contributed by atoms with Gasteiger partial charge in [-0.2, -0.15) is 0 Å². The van der Waals surface area contributed by atoms with Crippen molar-refractivity contribution < 1.29 is 0 Å². The van der Waals surface area contributed by atoms with Crippen LogP contribution in [0.15, 0.2) is 54.6 Å². The molecule has 1 atom stereocenters. The molecule has 2 N–H and O–H groups in total. The van der Waals surface area contributed by atoms with Crippen LogP contribution in [0.5, 0.6) is 0 Å². The first-order chi connectivity index (χ1) is 10.1. The Morgan fingerprint density at radius 3 is 2.19 bits per heavy atom. The zero-order valence-corrected chi connectivity index (χ0v) is 13.3. The summed E-state index contributed by atoms with van der Waals surface area (Å²) in [5, 5.41) is 0. The number of hydrogen-bond acceptors (Lipinski definition) is 2. The number of rotatable bonds is 6. The molecule has 0 unspecified atom stereocenters. The Labute approximate surface area is 128 Å². The van der Waals surface area contributed by atoms with Gasteiger partial charge in [-0.05, 0) is 37.5 Å². The third kappa shape index (κ3) is 3.85. The van der Waals surface area contributed by atoms with Crippen molar-refractivity contribution in [3.8, 4) is 0 Å². The highest BCUT2D eigenvalue weighted by molar-refractivity contribution is 5.56. The van der Waals surface area contributed by atoms with Crippen LogP contribution in [-0.2, 0) is 6.54 Å². The smallest absolute Gasteiger partial charge is 0.0432 e. The Bertz CT molecular complexity index is 549. The summed E-state index contributed by atoms with van der Waals surface area (Å²) in [4.78, 5) is 2.43. The Hall–Kier alpha value is -1.80. The fraction of sp³-hybridized carbons (Fsp3) is 0.368. The van der Waals surface area contributed by atoms with Crippen molar-refractivity contribution in [3.63, 3.8) is 0 Å². The topological polar surface area (TPSA) is 29.3 Å². The largest absolute Gasteiger partial charge is 0.365 e. The molecule has 21 heavy (non-hydrogen) atoms. The molecule has 0 saturated carbocycles. The maximum atomic E-state index is 6.30. The number of anilines is 1. The number of benzene rings is 2. The Balaban J connectivity index is 2.35. The molecule has 0 aromatic heterocycles. The number of para-hydroxylation sites is 1. The predicted molar refractivity (Wildman–Crippen MR) is 91.4 cm³/mol. The molecular weight excluding hydrogens is 256 g/mol. The molecular formula is C19H26N2. The second kappa shape index (κ2) is 7.28. The second-order valence-electron chi connectivity index (χ2n) is 5.78. The quantitative estimate of drug-likeness (QED) is 0.844. The van der Waals surface area contributed by atoms with E-state index in [0.29, 0.717) is 6.04 Å². The van der Waals surface area contributed by atoms with Gasteiger partial charge in [0.05, 0.1) is 0 Å². The normalized spacial score (nSPS) is 12.4. The molecule has 0 radical (unpaired) electrons. The fourth-order valence-corrected chi connectivity index (χ4v) is 2.61. The molecule has 2 nitrogen and oxygen atoms in total. The zero-order valence-electron chi connectivity index (χ0n) is 13.3. The van der Waals surface area contributed by atoms with Crippen molar-refractivity contribution in [2.45, 2.75) is 45.8 Å². The van der Waals surface area contributed by atoms with Gasteiger partial charge in [-0.3, -0.25) is 0 Å². The van der Waals surface area contributed by atoms with Gasteiger partial charge in [0.1, 0.15) is 0 Å². The van der Waals surface area contributed by atoms with Crippen LogP contribution in [0.4, 0.5) is 5.69 Å². The van der Waals surface area contributed by atoms with Gasteiger partial charge in [0, 0.05) is 24.3 Å². The van der Waals surface area contributed by atoms with Crippen molar-refractivity contribution in [2.75, 3.05) is 4.90 Å². The Kier molecular flexibility index (Phi) is 5.40. The minimum Gasteiger partial charge on any atom is -0.365 e. The summed E-state index contributed by atoms with van der Waals surface area (Å²) in [6.45, 7) is 7.51. The molecule has 0 bridgehead atoms. The minimum absolute atomic E-state index is 0.0956. The second-order valence-corrected chi connectivity index (χ2v) is 5.78. The lowest BCUT2D eigenvalue weighted by atomic mass is 10.0. The maximum Gasteiger partial charge on any atom is 0.0432 e. The summed E-state index contributed by atoms with van der Waals surface area (Å²) in [6, 6.07) is 19.7. The first-order valence-corrected chi connectivity index (χ1v) is 7.78. The molecule has 0 saturated heterocycles. The summed E-state index contributed by atoms with van der Waals surface area (Å²) in [5.74, 6) is 0. The van der Waals surface area contributed by atoms with E-state index < -0.39 is 0 Å². The SMILES string of the molecule is CC[C@H](N)c1ccccc1N(Cc1ccccc1)C(C)C. The van der Waals surface area contributed by atoms with Gasteiger partial charge >= 0.3 is 0 Å². The zero-order chi connectivity index (χ0) is 15.2. The Morgan fingerprint density at radius 2 is 1.57 bits per heavy atom. The third-order valence-corrected chi connectivity index (χ3v) is 3.90. The van der Waals surface area contributed by atoms with E-state index in [4.69, 9.17) is 5.73 Å². The van der Waals surface area contributed by atoms with E-state index in [1.807, 2.05) is 0 Å². The summed E-state index contributed by atoms with van der Waals surface area (Å²) in [5.41, 5.74) is 10.1. The summed E-state index contributed by atoms with van der Waals surface area (Å²) in [6.07, 6.45) is 0.953. The van der Waals surface area contributed by atoms with Gasteiger partial charge in [-0.15, -0.1) is 0 Å². The van der Waals surface area contributed by atoms with Gasteiger partial charge < -0.3 is 10.6 Å². The highest BCUT2D eigenvalue weighted by Crippen LogP contribution is 2.29. The van der Waals surface area contributed by atoms with Gasteiger partial charge in [-0.1, -0.05) is 55.5 Å². The summed E-state index contributed by atoms with van der Waals surface area (Å²) >= 11 is 0. The van der Waals surface area contributed by atoms with Gasteiger partial charge in [0.15, 0.2) is 0 Å². The van der Waals surface area contributed by atoms with Crippen LogP contribution in [0.25, 0.3) is 0 Å². The van der Waals surface area contributed by atoms with E-state index in [0.717, 1.165) is 13.0 Å². The van der Waals surface area contributed by atoms with Crippen molar-refractivity contribution in [3.05, 3.63) is 65.7 Å². The molecule has 2 rings (SSSR count). The number of nitrogens with zero attached hydrogens (tertiary/aromatic N) is 1. The van der Waals surface area contributed by atoms with E-state index >= 15 is 0 Å². The molecule has 2 aromatic carbocycles. The van der Waals surface area contributed by atoms with Crippen molar-refractivity contribution in [2.24, 2.45) is 5.73 Å². The van der Waals surface area contributed by atoms with E-state index in [1.165, 1.54) is 16.8 Å². The lowest BCUT2D eigenvalue weighted by Crippen LogP contribution is -2.31. The first-order valence-electron chi connectivity index (χ1n) is 7.78. The van der Waals surface area contributed by atoms with Crippen LogP contribution in [0.1, 0.15) is 44.4 Å². The van der Waals surface area contributed by atoms with Gasteiger partial charge in [-0.25, -0.2) is 0 Å². The van der Waals surface area contributed by atoms with Crippen molar-refractivity contribution in [1.82, 2.24) is 0 Å². The van der Waals surface area contributed by atoms with Crippen molar-refractivity contribution >= 4 is 5.69 Å². The molecule has 2 heteroatoms. The van der Waals surface area contributed by atoms with Crippen LogP contribution >= 0.6 is 0 Å².